The van der Waals surface area contributed by atoms with Crippen LogP contribution in [0.1, 0.15) is 42.1 Å². The van der Waals surface area contributed by atoms with E-state index in [2.05, 4.69) is 5.32 Å². The first-order chi connectivity index (χ1) is 9.82. The first-order valence-corrected chi connectivity index (χ1v) is 6.59. The molecule has 2 N–H and O–H groups in total. The van der Waals surface area contributed by atoms with Crippen LogP contribution >= 0.6 is 0 Å². The molecular formula is C14H18N2O5. The highest BCUT2D eigenvalue weighted by Crippen LogP contribution is 2.23. The Labute approximate surface area is 122 Å². The standard InChI is InChI=1S/C14H18N2O5/c1-9-5-3-7-11(13(9)16(20)21)14(19)15-10(2)6-4-8-12(17)18/h3,5,7,10H,4,6,8H2,1-2H3,(H,15,19)(H,17,18). The maximum atomic E-state index is 12.1. The van der Waals surface area contributed by atoms with E-state index in [1.165, 1.54) is 6.07 Å². The smallest absolute Gasteiger partial charge is 0.303 e. The Morgan fingerprint density at radius 2 is 2.10 bits per heavy atom. The molecule has 114 valence electrons. The van der Waals surface area contributed by atoms with Crippen molar-refractivity contribution < 1.29 is 19.6 Å². The Kier molecular flexibility index (Phi) is 5.83. The molecule has 7 nitrogen and oxygen atoms in total. The minimum Gasteiger partial charge on any atom is -0.481 e. The molecule has 1 unspecified atom stereocenters. The van der Waals surface area contributed by atoms with Gasteiger partial charge in [-0.2, -0.15) is 0 Å². The monoisotopic (exact) mass is 294 g/mol. The summed E-state index contributed by atoms with van der Waals surface area (Å²) in [6.07, 6.45) is 0.967. The minimum atomic E-state index is -0.886. The normalized spacial score (nSPS) is 11.7. The highest BCUT2D eigenvalue weighted by atomic mass is 16.6. The van der Waals surface area contributed by atoms with Crippen molar-refractivity contribution in [3.8, 4) is 0 Å². The lowest BCUT2D eigenvalue weighted by Crippen LogP contribution is -2.33. The maximum Gasteiger partial charge on any atom is 0.303 e. The van der Waals surface area contributed by atoms with Gasteiger partial charge >= 0.3 is 5.97 Å². The molecule has 0 aliphatic carbocycles. The van der Waals surface area contributed by atoms with E-state index in [-0.39, 0.29) is 23.7 Å². The van der Waals surface area contributed by atoms with Crippen LogP contribution in [0.5, 0.6) is 0 Å². The zero-order valence-electron chi connectivity index (χ0n) is 12.0. The number of nitrogens with one attached hydrogen (secondary N) is 1. The summed E-state index contributed by atoms with van der Waals surface area (Å²) in [5, 5.41) is 22.2. The quantitative estimate of drug-likeness (QED) is 0.592. The van der Waals surface area contributed by atoms with E-state index < -0.39 is 16.8 Å². The fourth-order valence-corrected chi connectivity index (χ4v) is 2.02. The van der Waals surface area contributed by atoms with E-state index in [1.807, 2.05) is 0 Å². The molecule has 21 heavy (non-hydrogen) atoms. The molecule has 1 aromatic carbocycles. The van der Waals surface area contributed by atoms with Gasteiger partial charge in [-0.15, -0.1) is 0 Å². The minimum absolute atomic E-state index is 0.0186. The van der Waals surface area contributed by atoms with Gasteiger partial charge in [0.2, 0.25) is 0 Å². The zero-order valence-corrected chi connectivity index (χ0v) is 12.0. The number of nitro benzene ring substituents is 1. The molecule has 0 aliphatic heterocycles. The van der Waals surface area contributed by atoms with Crippen molar-refractivity contribution in [2.24, 2.45) is 0 Å². The molecule has 0 saturated heterocycles. The lowest BCUT2D eigenvalue weighted by molar-refractivity contribution is -0.385. The van der Waals surface area contributed by atoms with Crippen molar-refractivity contribution in [3.05, 3.63) is 39.4 Å². The molecule has 1 aromatic rings. The van der Waals surface area contributed by atoms with Gasteiger partial charge < -0.3 is 10.4 Å². The molecule has 1 amide bonds. The van der Waals surface area contributed by atoms with E-state index in [0.717, 1.165) is 0 Å². The maximum absolute atomic E-state index is 12.1. The zero-order chi connectivity index (χ0) is 16.0. The Morgan fingerprint density at radius 3 is 2.67 bits per heavy atom. The summed E-state index contributed by atoms with van der Waals surface area (Å²) >= 11 is 0. The lowest BCUT2D eigenvalue weighted by atomic mass is 10.1. The number of carboxylic acids is 1. The van der Waals surface area contributed by atoms with E-state index >= 15 is 0 Å². The fourth-order valence-electron chi connectivity index (χ4n) is 2.02. The highest BCUT2D eigenvalue weighted by molar-refractivity contribution is 5.98. The first kappa shape index (κ1) is 16.6. The van der Waals surface area contributed by atoms with Crippen molar-refractivity contribution in [2.45, 2.75) is 39.2 Å². The number of nitrogens with zero attached hydrogens (tertiary/aromatic N) is 1. The molecule has 0 aliphatic rings. The van der Waals surface area contributed by atoms with Crippen LogP contribution in [0.2, 0.25) is 0 Å². The molecule has 0 radical (unpaired) electrons. The number of benzene rings is 1. The number of aliphatic carboxylic acids is 1. The molecule has 0 bridgehead atoms. The molecular weight excluding hydrogens is 276 g/mol. The number of amides is 1. The number of hydrogen-bond donors (Lipinski definition) is 2. The van der Waals surface area contributed by atoms with E-state index in [4.69, 9.17) is 5.11 Å². The van der Waals surface area contributed by atoms with E-state index in [0.29, 0.717) is 18.4 Å². The largest absolute Gasteiger partial charge is 0.481 e. The third-order valence-electron chi connectivity index (χ3n) is 3.07. The second kappa shape index (κ2) is 7.37. The Bertz CT molecular complexity index is 556. The molecule has 1 atom stereocenters. The molecule has 0 aromatic heterocycles. The molecule has 7 heteroatoms. The number of aryl methyl sites for hydroxylation is 1. The van der Waals surface area contributed by atoms with Crippen molar-refractivity contribution in [1.82, 2.24) is 5.32 Å². The highest BCUT2D eigenvalue weighted by Gasteiger charge is 2.23. The van der Waals surface area contributed by atoms with Crippen LogP contribution in [-0.4, -0.2) is 27.9 Å². The van der Waals surface area contributed by atoms with Crippen molar-refractivity contribution in [2.75, 3.05) is 0 Å². The molecule has 0 saturated carbocycles. The van der Waals surface area contributed by atoms with Gasteiger partial charge in [0.25, 0.3) is 11.6 Å². The molecule has 0 heterocycles. The second-order valence-corrected chi connectivity index (χ2v) is 4.89. The number of para-hydroxylation sites is 1. The third kappa shape index (κ3) is 4.87. The SMILES string of the molecule is Cc1cccc(C(=O)NC(C)CCCC(=O)O)c1[N+](=O)[O-]. The van der Waals surface area contributed by atoms with Gasteiger partial charge in [0.15, 0.2) is 0 Å². The van der Waals surface area contributed by atoms with E-state index in [9.17, 15) is 19.7 Å². The number of carbonyl (C=O) groups is 2. The summed E-state index contributed by atoms with van der Waals surface area (Å²) in [4.78, 5) is 33.0. The predicted octanol–water partition coefficient (Wildman–Crippen LogP) is 2.28. The van der Waals surface area contributed by atoms with Crippen LogP contribution in [0.3, 0.4) is 0 Å². The summed E-state index contributed by atoms with van der Waals surface area (Å²) < 4.78 is 0. The van der Waals surface area contributed by atoms with Crippen LogP contribution in [0, 0.1) is 17.0 Å². The summed E-state index contributed by atoms with van der Waals surface area (Å²) in [6, 6.07) is 4.32. The Morgan fingerprint density at radius 1 is 1.43 bits per heavy atom. The number of rotatable bonds is 7. The van der Waals surface area contributed by atoms with Crippen molar-refractivity contribution in [1.29, 1.82) is 0 Å². The van der Waals surface area contributed by atoms with Crippen LogP contribution < -0.4 is 5.32 Å². The van der Waals surface area contributed by atoms with Crippen LogP contribution in [0.4, 0.5) is 5.69 Å². The van der Waals surface area contributed by atoms with Gasteiger partial charge in [-0.1, -0.05) is 12.1 Å². The average Bonchev–Trinajstić information content (AvgIpc) is 2.37. The number of carbonyl (C=O) groups excluding carboxylic acids is 1. The summed E-state index contributed by atoms with van der Waals surface area (Å²) in [5.74, 6) is -1.41. The van der Waals surface area contributed by atoms with Crippen molar-refractivity contribution in [3.63, 3.8) is 0 Å². The molecule has 0 fully saturated rings. The summed E-state index contributed by atoms with van der Waals surface area (Å²) in [5.41, 5.74) is 0.240. The summed E-state index contributed by atoms with van der Waals surface area (Å²) in [6.45, 7) is 3.31. The average molecular weight is 294 g/mol. The lowest BCUT2D eigenvalue weighted by Gasteiger charge is -2.13. The van der Waals surface area contributed by atoms with Gasteiger partial charge in [0.1, 0.15) is 5.56 Å². The van der Waals surface area contributed by atoms with Crippen molar-refractivity contribution >= 4 is 17.6 Å². The molecule has 0 spiro atoms. The van der Waals surface area contributed by atoms with Gasteiger partial charge in [-0.05, 0) is 32.8 Å². The number of carboxylic acid groups (broad SMARTS) is 1. The summed E-state index contributed by atoms with van der Waals surface area (Å²) in [7, 11) is 0. The number of hydrogen-bond acceptors (Lipinski definition) is 4. The fraction of sp³-hybridized carbons (Fsp3) is 0.429. The third-order valence-corrected chi connectivity index (χ3v) is 3.07. The molecule has 1 rings (SSSR count). The van der Waals surface area contributed by atoms with Gasteiger partial charge in [-0.25, -0.2) is 0 Å². The Hall–Kier alpha value is -2.44. The van der Waals surface area contributed by atoms with Gasteiger partial charge in [0, 0.05) is 18.0 Å². The van der Waals surface area contributed by atoms with Crippen LogP contribution in [0.15, 0.2) is 18.2 Å². The number of nitro groups is 1. The Balaban J connectivity index is 2.74. The van der Waals surface area contributed by atoms with E-state index in [1.54, 1.807) is 26.0 Å². The first-order valence-electron chi connectivity index (χ1n) is 6.59. The topological polar surface area (TPSA) is 110 Å². The second-order valence-electron chi connectivity index (χ2n) is 4.89. The van der Waals surface area contributed by atoms with Gasteiger partial charge in [-0.3, -0.25) is 19.7 Å². The van der Waals surface area contributed by atoms with Crippen LogP contribution in [-0.2, 0) is 4.79 Å². The van der Waals surface area contributed by atoms with Gasteiger partial charge in [0.05, 0.1) is 4.92 Å². The van der Waals surface area contributed by atoms with Crippen LogP contribution in [0.25, 0.3) is 0 Å². The predicted molar refractivity (Wildman–Crippen MR) is 76.2 cm³/mol.